The van der Waals surface area contributed by atoms with Crippen LogP contribution in [0.2, 0.25) is 0 Å². The lowest BCUT2D eigenvalue weighted by atomic mass is 9.78. The Kier molecular flexibility index (Phi) is 6.14. The first-order valence-corrected chi connectivity index (χ1v) is 11.3. The predicted molar refractivity (Wildman–Crippen MR) is 139 cm³/mol. The Bertz CT molecular complexity index is 1180. The summed E-state index contributed by atoms with van der Waals surface area (Å²) in [6.07, 6.45) is 1.55. The number of rotatable bonds is 5. The van der Waals surface area contributed by atoms with E-state index in [9.17, 15) is 4.79 Å². The molecule has 3 aromatic rings. The molecule has 4 rings (SSSR count). The molecule has 1 aliphatic heterocycles. The van der Waals surface area contributed by atoms with Gasteiger partial charge in [0.05, 0.1) is 28.1 Å². The van der Waals surface area contributed by atoms with Crippen molar-refractivity contribution in [2.24, 2.45) is 0 Å². The summed E-state index contributed by atoms with van der Waals surface area (Å²) in [6.45, 7) is 8.16. The van der Waals surface area contributed by atoms with Gasteiger partial charge in [-0.3, -0.25) is 4.79 Å². The van der Waals surface area contributed by atoms with Crippen molar-refractivity contribution >= 4 is 35.7 Å². The third kappa shape index (κ3) is 4.65. The number of nitrogens with one attached hydrogen (secondary N) is 1. The van der Waals surface area contributed by atoms with Crippen LogP contribution in [0.4, 0.5) is 17.2 Å². The molecular formula is C26H31BN4O3. The van der Waals surface area contributed by atoms with Gasteiger partial charge in [0.15, 0.2) is 0 Å². The summed E-state index contributed by atoms with van der Waals surface area (Å²) in [4.78, 5) is 18.9. The number of carbonyl (C=O) groups is 1. The van der Waals surface area contributed by atoms with E-state index in [2.05, 4.69) is 10.3 Å². The van der Waals surface area contributed by atoms with E-state index in [0.717, 1.165) is 22.4 Å². The average Bonchev–Trinajstić information content (AvgIpc) is 3.02. The molecule has 34 heavy (non-hydrogen) atoms. The maximum absolute atomic E-state index is 12.7. The Morgan fingerprint density at radius 1 is 0.941 bits per heavy atom. The molecule has 1 fully saturated rings. The summed E-state index contributed by atoms with van der Waals surface area (Å²) in [5.41, 5.74) is 9.76. The van der Waals surface area contributed by atoms with Crippen LogP contribution in [0, 0.1) is 0 Å². The number of carbonyl (C=O) groups excluding carboxylic acids is 1. The van der Waals surface area contributed by atoms with Gasteiger partial charge in [0.2, 0.25) is 0 Å². The fourth-order valence-electron chi connectivity index (χ4n) is 3.64. The van der Waals surface area contributed by atoms with Crippen LogP contribution >= 0.6 is 0 Å². The van der Waals surface area contributed by atoms with Crippen LogP contribution in [0.5, 0.6) is 0 Å². The number of nitrogens with two attached hydrogens (primary N) is 1. The molecule has 1 amide bonds. The molecule has 0 saturated carbocycles. The molecule has 0 radical (unpaired) electrons. The van der Waals surface area contributed by atoms with Gasteiger partial charge in [0.25, 0.3) is 5.91 Å². The topological polar surface area (TPSA) is 89.7 Å². The molecule has 7 nitrogen and oxygen atoms in total. The van der Waals surface area contributed by atoms with E-state index < -0.39 is 7.12 Å². The molecule has 3 N–H and O–H groups in total. The zero-order chi connectivity index (χ0) is 24.7. The second-order valence-corrected chi connectivity index (χ2v) is 9.77. The monoisotopic (exact) mass is 458 g/mol. The van der Waals surface area contributed by atoms with Crippen LogP contribution in [-0.2, 0) is 9.31 Å². The van der Waals surface area contributed by atoms with Crippen molar-refractivity contribution in [3.63, 3.8) is 0 Å². The number of hydrogen-bond acceptors (Lipinski definition) is 6. The number of anilines is 3. The summed E-state index contributed by atoms with van der Waals surface area (Å²) in [5.74, 6) is 0.514. The van der Waals surface area contributed by atoms with E-state index in [1.165, 1.54) is 0 Å². The van der Waals surface area contributed by atoms with Crippen molar-refractivity contribution in [3.8, 4) is 11.1 Å². The van der Waals surface area contributed by atoms with Gasteiger partial charge in [0, 0.05) is 20.3 Å². The second kappa shape index (κ2) is 8.78. The Balaban J connectivity index is 1.51. The van der Waals surface area contributed by atoms with Gasteiger partial charge in [-0.05, 0) is 68.6 Å². The molecular weight excluding hydrogens is 427 g/mol. The number of amides is 1. The van der Waals surface area contributed by atoms with E-state index in [1.807, 2.05) is 83.1 Å². The number of hydrogen-bond donors (Lipinski definition) is 2. The molecule has 0 spiro atoms. The lowest BCUT2D eigenvalue weighted by molar-refractivity contribution is 0.00578. The lowest BCUT2D eigenvalue weighted by Crippen LogP contribution is -2.41. The highest BCUT2D eigenvalue weighted by atomic mass is 16.7. The van der Waals surface area contributed by atoms with Gasteiger partial charge in [0.1, 0.15) is 5.82 Å². The van der Waals surface area contributed by atoms with Gasteiger partial charge in [-0.2, -0.15) is 0 Å². The number of benzene rings is 2. The van der Waals surface area contributed by atoms with E-state index >= 15 is 0 Å². The van der Waals surface area contributed by atoms with Crippen molar-refractivity contribution in [1.29, 1.82) is 0 Å². The van der Waals surface area contributed by atoms with Gasteiger partial charge in [-0.15, -0.1) is 0 Å². The quantitative estimate of drug-likeness (QED) is 0.445. The Labute approximate surface area is 201 Å². The lowest BCUT2D eigenvalue weighted by Gasteiger charge is -2.32. The first kappa shape index (κ1) is 23.8. The predicted octanol–water partition coefficient (Wildman–Crippen LogP) is 3.95. The highest BCUT2D eigenvalue weighted by molar-refractivity contribution is 6.62. The minimum atomic E-state index is -0.409. The van der Waals surface area contributed by atoms with E-state index in [1.54, 1.807) is 24.4 Å². The summed E-state index contributed by atoms with van der Waals surface area (Å²) in [6, 6.07) is 17.2. The SMILES string of the molecule is CN(C)c1ccc(C(=O)Nc2cc(-c3ccc(B4OC(C)(C)C(C)(C)O4)cc3)ccc2N)cn1. The Morgan fingerprint density at radius 3 is 2.12 bits per heavy atom. The van der Waals surface area contributed by atoms with E-state index in [0.29, 0.717) is 16.9 Å². The molecule has 8 heteroatoms. The number of aromatic nitrogens is 1. The highest BCUT2D eigenvalue weighted by Crippen LogP contribution is 2.36. The fourth-order valence-corrected chi connectivity index (χ4v) is 3.64. The molecule has 0 aliphatic carbocycles. The summed E-state index contributed by atoms with van der Waals surface area (Å²) >= 11 is 0. The second-order valence-electron chi connectivity index (χ2n) is 9.77. The van der Waals surface area contributed by atoms with E-state index in [-0.39, 0.29) is 17.1 Å². The van der Waals surface area contributed by atoms with Crippen LogP contribution in [-0.4, -0.2) is 43.3 Å². The minimum absolute atomic E-state index is 0.266. The molecule has 1 aliphatic rings. The third-order valence-electron chi connectivity index (χ3n) is 6.54. The van der Waals surface area contributed by atoms with Crippen molar-refractivity contribution in [1.82, 2.24) is 4.98 Å². The van der Waals surface area contributed by atoms with Crippen molar-refractivity contribution in [2.45, 2.75) is 38.9 Å². The molecule has 0 unspecified atom stereocenters. The van der Waals surface area contributed by atoms with E-state index in [4.69, 9.17) is 15.0 Å². The van der Waals surface area contributed by atoms with Gasteiger partial charge >= 0.3 is 7.12 Å². The molecule has 0 atom stereocenters. The van der Waals surface area contributed by atoms with Gasteiger partial charge in [-0.1, -0.05) is 30.3 Å². The average molecular weight is 458 g/mol. The molecule has 2 heterocycles. The summed E-state index contributed by atoms with van der Waals surface area (Å²) in [7, 11) is 3.39. The van der Waals surface area contributed by atoms with Gasteiger partial charge in [-0.25, -0.2) is 4.98 Å². The first-order chi connectivity index (χ1) is 16.0. The third-order valence-corrected chi connectivity index (χ3v) is 6.54. The van der Waals surface area contributed by atoms with Crippen LogP contribution in [0.25, 0.3) is 11.1 Å². The minimum Gasteiger partial charge on any atom is -0.399 e. The molecule has 0 bridgehead atoms. The number of nitrogens with zero attached hydrogens (tertiary/aromatic N) is 2. The van der Waals surface area contributed by atoms with Crippen molar-refractivity contribution < 1.29 is 14.1 Å². The maximum Gasteiger partial charge on any atom is 0.494 e. The fraction of sp³-hybridized carbons (Fsp3) is 0.308. The smallest absolute Gasteiger partial charge is 0.399 e. The van der Waals surface area contributed by atoms with Crippen molar-refractivity contribution in [2.75, 3.05) is 30.0 Å². The zero-order valence-corrected chi connectivity index (χ0v) is 20.5. The highest BCUT2D eigenvalue weighted by Gasteiger charge is 2.51. The number of pyridine rings is 1. The molecule has 1 aromatic heterocycles. The first-order valence-electron chi connectivity index (χ1n) is 11.3. The largest absolute Gasteiger partial charge is 0.494 e. The Hall–Kier alpha value is -3.36. The van der Waals surface area contributed by atoms with Crippen LogP contribution < -0.4 is 21.4 Å². The normalized spacial score (nSPS) is 16.4. The van der Waals surface area contributed by atoms with Crippen LogP contribution in [0.3, 0.4) is 0 Å². The molecule has 176 valence electrons. The van der Waals surface area contributed by atoms with Crippen LogP contribution in [0.1, 0.15) is 38.1 Å². The zero-order valence-electron chi connectivity index (χ0n) is 20.5. The summed E-state index contributed by atoms with van der Waals surface area (Å²) in [5, 5.41) is 2.90. The molecule has 1 saturated heterocycles. The van der Waals surface area contributed by atoms with Crippen LogP contribution in [0.15, 0.2) is 60.8 Å². The standard InChI is InChI=1S/C26H31BN4O3/c1-25(2)26(3,4)34-27(33-25)20-11-7-17(8-12-20)18-9-13-21(28)22(15-18)30-24(32)19-10-14-23(29-16-19)31(5)6/h7-16H,28H2,1-6H3,(H,30,32). The Morgan fingerprint density at radius 2 is 1.56 bits per heavy atom. The number of nitrogen functional groups attached to an aromatic ring is 1. The maximum atomic E-state index is 12.7. The summed E-state index contributed by atoms with van der Waals surface area (Å²) < 4.78 is 12.3. The van der Waals surface area contributed by atoms with Gasteiger partial charge < -0.3 is 25.3 Å². The molecule has 2 aromatic carbocycles. The van der Waals surface area contributed by atoms with Crippen molar-refractivity contribution in [3.05, 3.63) is 66.4 Å².